The summed E-state index contributed by atoms with van der Waals surface area (Å²) in [6, 6.07) is 11.6. The smallest absolute Gasteiger partial charge is 0.132 e. The molecular weight excluding hydrogens is 224 g/mol. The van der Waals surface area contributed by atoms with Crippen molar-refractivity contribution in [2.24, 2.45) is 0 Å². The molecule has 1 aromatic heterocycles. The van der Waals surface area contributed by atoms with E-state index in [-0.39, 0.29) is 0 Å². The van der Waals surface area contributed by atoms with Crippen LogP contribution in [0.3, 0.4) is 0 Å². The van der Waals surface area contributed by atoms with Crippen LogP contribution in [0.1, 0.15) is 18.1 Å². The first-order valence-corrected chi connectivity index (χ1v) is 5.82. The van der Waals surface area contributed by atoms with Gasteiger partial charge in [0.15, 0.2) is 0 Å². The Kier molecular flexibility index (Phi) is 3.63. The summed E-state index contributed by atoms with van der Waals surface area (Å²) in [5, 5.41) is 0. The largest absolute Gasteiger partial charge is 0.457 e. The Labute approximate surface area is 107 Å². The van der Waals surface area contributed by atoms with Crippen molar-refractivity contribution < 1.29 is 4.74 Å². The Bertz CT molecular complexity index is 576. The third-order valence-electron chi connectivity index (χ3n) is 2.65. The molecule has 0 atom stereocenters. The van der Waals surface area contributed by atoms with Gasteiger partial charge >= 0.3 is 0 Å². The zero-order valence-electron chi connectivity index (χ0n) is 10.6. The predicted octanol–water partition coefficient (Wildman–Crippen LogP) is 3.41. The van der Waals surface area contributed by atoms with Crippen molar-refractivity contribution in [1.82, 2.24) is 4.98 Å². The van der Waals surface area contributed by atoms with Gasteiger partial charge in [0.05, 0.1) is 0 Å². The second kappa shape index (κ2) is 5.36. The molecule has 0 amide bonds. The van der Waals surface area contributed by atoms with Crippen LogP contribution >= 0.6 is 0 Å². The number of benzene rings is 1. The lowest BCUT2D eigenvalue weighted by molar-refractivity contribution is 0.513. The van der Waals surface area contributed by atoms with E-state index in [1.165, 1.54) is 5.56 Å². The Balaban J connectivity index is 2.29. The maximum Gasteiger partial charge on any atom is 0.132 e. The number of nitrogen functional groups attached to an aromatic ring is 1. The van der Waals surface area contributed by atoms with Crippen molar-refractivity contribution in [2.75, 3.05) is 5.73 Å². The van der Waals surface area contributed by atoms with Crippen LogP contribution in [0, 0.1) is 6.92 Å². The van der Waals surface area contributed by atoms with Crippen molar-refractivity contribution in [1.29, 1.82) is 0 Å². The van der Waals surface area contributed by atoms with E-state index in [2.05, 4.69) is 18.0 Å². The highest BCUT2D eigenvalue weighted by Gasteiger charge is 2.06. The first-order chi connectivity index (χ1) is 8.70. The van der Waals surface area contributed by atoms with E-state index in [1.54, 1.807) is 18.3 Å². The number of aromatic nitrogens is 1. The summed E-state index contributed by atoms with van der Waals surface area (Å²) in [6.07, 6.45) is 3.58. The van der Waals surface area contributed by atoms with E-state index in [9.17, 15) is 0 Å². The van der Waals surface area contributed by atoms with Gasteiger partial charge in [0, 0.05) is 17.8 Å². The molecule has 3 nitrogen and oxygen atoms in total. The Morgan fingerprint density at radius 2 is 2.06 bits per heavy atom. The van der Waals surface area contributed by atoms with Crippen molar-refractivity contribution >= 4 is 11.6 Å². The van der Waals surface area contributed by atoms with Gasteiger partial charge in [0.25, 0.3) is 0 Å². The van der Waals surface area contributed by atoms with Crippen molar-refractivity contribution in [3.05, 3.63) is 59.8 Å². The molecule has 0 fully saturated rings. The lowest BCUT2D eigenvalue weighted by atomic mass is 10.1. The van der Waals surface area contributed by atoms with Crippen LogP contribution in [0.2, 0.25) is 0 Å². The molecule has 0 bridgehead atoms. The molecule has 0 aliphatic rings. The molecule has 0 saturated carbocycles. The first-order valence-electron chi connectivity index (χ1n) is 5.82. The summed E-state index contributed by atoms with van der Waals surface area (Å²) >= 11 is 0. The number of hydrogen-bond donors (Lipinski definition) is 1. The highest BCUT2D eigenvalue weighted by molar-refractivity contribution is 5.64. The lowest BCUT2D eigenvalue weighted by Gasteiger charge is -2.12. The summed E-state index contributed by atoms with van der Waals surface area (Å²) in [5.74, 6) is 1.96. The Hall–Kier alpha value is -2.29. The van der Waals surface area contributed by atoms with Crippen molar-refractivity contribution in [2.45, 2.75) is 13.8 Å². The summed E-state index contributed by atoms with van der Waals surface area (Å²) in [6.45, 7) is 4.01. The van der Waals surface area contributed by atoms with Gasteiger partial charge in [-0.25, -0.2) is 4.98 Å². The van der Waals surface area contributed by atoms with Gasteiger partial charge in [-0.1, -0.05) is 24.3 Å². The highest BCUT2D eigenvalue weighted by atomic mass is 16.5. The number of nitrogens with zero attached hydrogens (tertiary/aromatic N) is 1. The van der Waals surface area contributed by atoms with Gasteiger partial charge in [-0.15, -0.1) is 0 Å². The minimum Gasteiger partial charge on any atom is -0.457 e. The molecule has 2 aromatic rings. The van der Waals surface area contributed by atoms with Gasteiger partial charge in [-0.2, -0.15) is 0 Å². The van der Waals surface area contributed by atoms with Crippen LogP contribution in [0.5, 0.6) is 5.75 Å². The maximum absolute atomic E-state index is 5.85. The van der Waals surface area contributed by atoms with E-state index in [1.807, 2.05) is 31.2 Å². The van der Waals surface area contributed by atoms with E-state index in [0.29, 0.717) is 11.6 Å². The van der Waals surface area contributed by atoms with Crippen LogP contribution in [0.4, 0.5) is 5.82 Å². The zero-order chi connectivity index (χ0) is 13.0. The average molecular weight is 240 g/mol. The fraction of sp³-hybridized carbons (Fsp3) is 0.133. The zero-order valence-corrected chi connectivity index (χ0v) is 10.6. The Morgan fingerprint density at radius 3 is 2.72 bits per heavy atom. The van der Waals surface area contributed by atoms with Crippen molar-refractivity contribution in [3.63, 3.8) is 0 Å². The second-order valence-electron chi connectivity index (χ2n) is 3.99. The van der Waals surface area contributed by atoms with Crippen molar-refractivity contribution in [3.8, 4) is 5.75 Å². The number of anilines is 1. The van der Waals surface area contributed by atoms with E-state index in [0.717, 1.165) is 11.3 Å². The first kappa shape index (κ1) is 12.2. The molecule has 2 N–H and O–H groups in total. The summed E-state index contributed by atoms with van der Waals surface area (Å²) in [5.41, 5.74) is 7.89. The van der Waals surface area contributed by atoms with Crippen LogP contribution in [-0.4, -0.2) is 4.98 Å². The van der Waals surface area contributed by atoms with Crippen LogP contribution in [0.25, 0.3) is 5.76 Å². The molecule has 0 aliphatic heterocycles. The molecule has 0 aliphatic carbocycles. The number of pyridine rings is 1. The number of allylic oxidation sites excluding steroid dienone is 1. The lowest BCUT2D eigenvalue weighted by Crippen LogP contribution is -1.98. The monoisotopic (exact) mass is 240 g/mol. The summed E-state index contributed by atoms with van der Waals surface area (Å²) in [7, 11) is 0. The fourth-order valence-corrected chi connectivity index (χ4v) is 1.74. The van der Waals surface area contributed by atoms with Gasteiger partial charge < -0.3 is 10.5 Å². The number of nitrogens with two attached hydrogens (primary N) is 1. The molecule has 0 unspecified atom stereocenters. The minimum absolute atomic E-state index is 0.452. The summed E-state index contributed by atoms with van der Waals surface area (Å²) < 4.78 is 5.85. The minimum atomic E-state index is 0.452. The van der Waals surface area contributed by atoms with Gasteiger partial charge in [-0.3, -0.25) is 0 Å². The second-order valence-corrected chi connectivity index (χ2v) is 3.99. The topological polar surface area (TPSA) is 48.1 Å². The Morgan fingerprint density at radius 1 is 1.28 bits per heavy atom. The molecule has 0 spiro atoms. The molecule has 0 radical (unpaired) electrons. The summed E-state index contributed by atoms with van der Waals surface area (Å²) in [4.78, 5) is 3.94. The van der Waals surface area contributed by atoms with Gasteiger partial charge in [0.2, 0.25) is 0 Å². The normalized spacial score (nSPS) is 11.3. The molecular formula is C15H16N2O. The van der Waals surface area contributed by atoms with Crippen LogP contribution in [-0.2, 0) is 0 Å². The quantitative estimate of drug-likeness (QED) is 0.836. The SMILES string of the molecule is CC=C(Oc1ccnc(N)c1)c1ccccc1C. The molecule has 92 valence electrons. The maximum atomic E-state index is 5.85. The number of hydrogen-bond acceptors (Lipinski definition) is 3. The highest BCUT2D eigenvalue weighted by Crippen LogP contribution is 2.23. The van der Waals surface area contributed by atoms with Gasteiger partial charge in [0.1, 0.15) is 17.3 Å². The standard InChI is InChI=1S/C15H16N2O/c1-3-14(13-7-5-4-6-11(13)2)18-12-8-9-17-15(16)10-12/h3-10H,1-2H3,(H2,16,17). The average Bonchev–Trinajstić information content (AvgIpc) is 2.37. The number of aryl methyl sites for hydroxylation is 1. The number of rotatable bonds is 3. The molecule has 18 heavy (non-hydrogen) atoms. The predicted molar refractivity (Wildman–Crippen MR) is 74.1 cm³/mol. The molecule has 1 heterocycles. The van der Waals surface area contributed by atoms with Gasteiger partial charge in [-0.05, 0) is 31.6 Å². The molecule has 3 heteroatoms. The van der Waals surface area contributed by atoms with E-state index < -0.39 is 0 Å². The van der Waals surface area contributed by atoms with E-state index in [4.69, 9.17) is 10.5 Å². The molecule has 2 rings (SSSR count). The third kappa shape index (κ3) is 2.69. The van der Waals surface area contributed by atoms with E-state index >= 15 is 0 Å². The fourth-order valence-electron chi connectivity index (χ4n) is 1.74. The molecule has 1 aromatic carbocycles. The van der Waals surface area contributed by atoms with Crippen LogP contribution in [0.15, 0.2) is 48.7 Å². The van der Waals surface area contributed by atoms with Crippen LogP contribution < -0.4 is 10.5 Å². The molecule has 0 saturated heterocycles. The number of ether oxygens (including phenoxy) is 1. The third-order valence-corrected chi connectivity index (χ3v) is 2.65.